The first-order valence-corrected chi connectivity index (χ1v) is 5.81. The van der Waals surface area contributed by atoms with Crippen LogP contribution in [0, 0.1) is 11.6 Å². The Morgan fingerprint density at radius 3 is 1.94 bits per heavy atom. The predicted molar refractivity (Wildman–Crippen MR) is 65.6 cm³/mol. The second kappa shape index (κ2) is 7.15. The molecule has 0 amide bonds. The zero-order valence-electron chi connectivity index (χ0n) is 10.5. The van der Waals surface area contributed by atoms with Crippen molar-refractivity contribution in [2.75, 3.05) is 0 Å². The van der Waals surface area contributed by atoms with E-state index in [1.54, 1.807) is 6.07 Å². The molecular weight excluding hydrogens is 206 g/mol. The number of benzene rings is 1. The third kappa shape index (κ3) is 3.76. The maximum absolute atomic E-state index is 12.7. The molecular formula is C14H20F2. The van der Waals surface area contributed by atoms with Gasteiger partial charge in [-0.05, 0) is 24.1 Å². The molecule has 0 saturated heterocycles. The highest BCUT2D eigenvalue weighted by atomic mass is 19.2. The topological polar surface area (TPSA) is 0 Å². The third-order valence-electron chi connectivity index (χ3n) is 2.15. The van der Waals surface area contributed by atoms with E-state index in [1.165, 1.54) is 6.07 Å². The zero-order valence-corrected chi connectivity index (χ0v) is 10.5. The fourth-order valence-electron chi connectivity index (χ4n) is 1.29. The summed E-state index contributed by atoms with van der Waals surface area (Å²) in [5.74, 6) is -1.29. The quantitative estimate of drug-likeness (QED) is 0.587. The molecule has 2 rings (SSSR count). The lowest BCUT2D eigenvalue weighted by atomic mass is 10.1. The van der Waals surface area contributed by atoms with Gasteiger partial charge in [-0.15, -0.1) is 0 Å². The fourth-order valence-corrected chi connectivity index (χ4v) is 1.29. The number of hydrogen-bond acceptors (Lipinski definition) is 0. The van der Waals surface area contributed by atoms with E-state index in [1.807, 2.05) is 27.7 Å². The summed E-state index contributed by atoms with van der Waals surface area (Å²) in [7, 11) is 0. The van der Waals surface area contributed by atoms with Crippen LogP contribution in [0.4, 0.5) is 8.78 Å². The molecule has 0 nitrogen and oxygen atoms in total. The zero-order chi connectivity index (χ0) is 12.7. The Kier molecular flexibility index (Phi) is 6.63. The number of hydrogen-bond donors (Lipinski definition) is 0. The normalized spacial score (nSPS) is 16.6. The van der Waals surface area contributed by atoms with Gasteiger partial charge >= 0.3 is 0 Å². The van der Waals surface area contributed by atoms with E-state index >= 15 is 0 Å². The molecule has 0 aliphatic heterocycles. The number of rotatable bonds is 1. The molecule has 16 heavy (non-hydrogen) atoms. The smallest absolute Gasteiger partial charge is 0.159 e. The van der Waals surface area contributed by atoms with Crippen molar-refractivity contribution in [2.45, 2.75) is 40.0 Å². The van der Waals surface area contributed by atoms with Crippen LogP contribution in [0.5, 0.6) is 0 Å². The predicted octanol–water partition coefficient (Wildman–Crippen LogP) is 5.06. The van der Waals surface area contributed by atoms with Gasteiger partial charge in [-0.1, -0.05) is 45.9 Å². The highest BCUT2D eigenvalue weighted by Gasteiger charge is 2.29. The minimum Gasteiger partial charge on any atom is -0.204 e. The Labute approximate surface area is 97.0 Å². The Morgan fingerprint density at radius 2 is 1.56 bits per heavy atom. The Balaban J connectivity index is 0.000000509. The molecule has 1 fully saturated rings. The number of halogens is 2. The van der Waals surface area contributed by atoms with Gasteiger partial charge in [-0.2, -0.15) is 0 Å². The summed E-state index contributed by atoms with van der Waals surface area (Å²) in [4.78, 5) is 0. The summed E-state index contributed by atoms with van der Waals surface area (Å²) < 4.78 is 25.2. The highest BCUT2D eigenvalue weighted by Crippen LogP contribution is 2.45. The van der Waals surface area contributed by atoms with Crippen LogP contribution in [0.1, 0.15) is 45.6 Å². The van der Waals surface area contributed by atoms with Crippen molar-refractivity contribution >= 4 is 0 Å². The van der Waals surface area contributed by atoms with Crippen molar-refractivity contribution in [3.05, 3.63) is 47.5 Å². The molecule has 0 spiro atoms. The van der Waals surface area contributed by atoms with Crippen LogP contribution in [-0.4, -0.2) is 0 Å². The highest BCUT2D eigenvalue weighted by molar-refractivity contribution is 5.39. The molecule has 1 saturated carbocycles. The molecule has 1 atom stereocenters. The molecule has 2 heteroatoms. The van der Waals surface area contributed by atoms with Gasteiger partial charge in [0.1, 0.15) is 0 Å². The van der Waals surface area contributed by atoms with E-state index in [9.17, 15) is 8.78 Å². The molecule has 1 aliphatic carbocycles. The van der Waals surface area contributed by atoms with Crippen LogP contribution in [0.2, 0.25) is 0 Å². The Hall–Kier alpha value is -1.18. The van der Waals surface area contributed by atoms with Crippen LogP contribution in [0.15, 0.2) is 30.4 Å². The summed E-state index contributed by atoms with van der Waals surface area (Å²) in [5, 5.41) is 0. The molecule has 1 aromatic rings. The lowest BCUT2D eigenvalue weighted by Crippen LogP contribution is -1.86. The molecule has 1 unspecified atom stereocenters. The van der Waals surface area contributed by atoms with E-state index in [4.69, 9.17) is 0 Å². The largest absolute Gasteiger partial charge is 0.204 e. The minimum absolute atomic E-state index is 0.264. The van der Waals surface area contributed by atoms with Gasteiger partial charge in [0.15, 0.2) is 11.6 Å². The van der Waals surface area contributed by atoms with Gasteiger partial charge in [-0.3, -0.25) is 0 Å². The third-order valence-corrected chi connectivity index (χ3v) is 2.15. The molecule has 1 aliphatic rings. The van der Waals surface area contributed by atoms with E-state index in [-0.39, 0.29) is 5.92 Å². The van der Waals surface area contributed by atoms with Crippen LogP contribution in [0.3, 0.4) is 0 Å². The van der Waals surface area contributed by atoms with E-state index in [0.717, 1.165) is 23.6 Å². The molecule has 0 radical (unpaired) electrons. The van der Waals surface area contributed by atoms with Crippen LogP contribution in [0.25, 0.3) is 0 Å². The SMILES string of the molecule is C=C1CC1c1ccc(F)c(F)c1.CC.CC. The van der Waals surface area contributed by atoms with Crippen LogP contribution < -0.4 is 0 Å². The average Bonchev–Trinajstić information content (AvgIpc) is 3.05. The summed E-state index contributed by atoms with van der Waals surface area (Å²) in [6.45, 7) is 11.8. The van der Waals surface area contributed by atoms with Gasteiger partial charge in [0, 0.05) is 5.92 Å². The summed E-state index contributed by atoms with van der Waals surface area (Å²) in [6, 6.07) is 4.02. The van der Waals surface area contributed by atoms with E-state index < -0.39 is 11.6 Å². The average molecular weight is 226 g/mol. The molecule has 0 bridgehead atoms. The van der Waals surface area contributed by atoms with Crippen LogP contribution >= 0.6 is 0 Å². The number of allylic oxidation sites excluding steroid dienone is 1. The van der Waals surface area contributed by atoms with Crippen molar-refractivity contribution < 1.29 is 8.78 Å². The first-order chi connectivity index (χ1) is 7.68. The van der Waals surface area contributed by atoms with E-state index in [2.05, 4.69) is 6.58 Å². The molecule has 90 valence electrons. The summed E-state index contributed by atoms with van der Waals surface area (Å²) >= 11 is 0. The monoisotopic (exact) mass is 226 g/mol. The van der Waals surface area contributed by atoms with Gasteiger partial charge in [0.2, 0.25) is 0 Å². The van der Waals surface area contributed by atoms with Gasteiger partial charge in [-0.25, -0.2) is 8.78 Å². The summed E-state index contributed by atoms with van der Waals surface area (Å²) in [5.41, 5.74) is 1.93. The summed E-state index contributed by atoms with van der Waals surface area (Å²) in [6.07, 6.45) is 0.908. The Bertz CT molecular complexity index is 343. The first kappa shape index (κ1) is 14.8. The van der Waals surface area contributed by atoms with Crippen molar-refractivity contribution in [1.29, 1.82) is 0 Å². The van der Waals surface area contributed by atoms with Crippen molar-refractivity contribution in [1.82, 2.24) is 0 Å². The fraction of sp³-hybridized carbons (Fsp3) is 0.429. The molecule has 0 aromatic heterocycles. The van der Waals surface area contributed by atoms with Crippen LogP contribution in [-0.2, 0) is 0 Å². The molecule has 0 N–H and O–H groups in total. The lowest BCUT2D eigenvalue weighted by molar-refractivity contribution is 0.507. The van der Waals surface area contributed by atoms with Gasteiger partial charge in [0.05, 0.1) is 0 Å². The molecule has 0 heterocycles. The molecule has 1 aromatic carbocycles. The lowest BCUT2D eigenvalue weighted by Gasteiger charge is -1.97. The maximum Gasteiger partial charge on any atom is 0.159 e. The standard InChI is InChI=1S/C10H8F2.2C2H6/c1-6-4-8(6)7-2-3-9(11)10(12)5-7;2*1-2/h2-3,5,8H,1,4H2;2*1-2H3. The van der Waals surface area contributed by atoms with Gasteiger partial charge in [0.25, 0.3) is 0 Å². The maximum atomic E-state index is 12.7. The van der Waals surface area contributed by atoms with E-state index in [0.29, 0.717) is 0 Å². The van der Waals surface area contributed by atoms with Crippen molar-refractivity contribution in [2.24, 2.45) is 0 Å². The van der Waals surface area contributed by atoms with Crippen molar-refractivity contribution in [3.63, 3.8) is 0 Å². The van der Waals surface area contributed by atoms with Gasteiger partial charge < -0.3 is 0 Å². The van der Waals surface area contributed by atoms with Crippen molar-refractivity contribution in [3.8, 4) is 0 Å². The second-order valence-electron chi connectivity index (χ2n) is 3.09. The Morgan fingerprint density at radius 1 is 1.06 bits per heavy atom. The first-order valence-electron chi connectivity index (χ1n) is 5.81. The second-order valence-corrected chi connectivity index (χ2v) is 3.09. The minimum atomic E-state index is -0.787.